The molecule has 3 unspecified atom stereocenters. The number of rotatable bonds is 12. The summed E-state index contributed by atoms with van der Waals surface area (Å²) in [5, 5.41) is 4.19. The molecule has 40 heavy (non-hydrogen) atoms. The van der Waals surface area contributed by atoms with E-state index in [1.165, 1.54) is 11.1 Å². The first-order chi connectivity index (χ1) is 19.5. The Labute approximate surface area is 244 Å². The maximum absolute atomic E-state index is 11.6. The van der Waals surface area contributed by atoms with E-state index in [0.717, 1.165) is 62.1 Å². The maximum atomic E-state index is 11.6. The fourth-order valence-corrected chi connectivity index (χ4v) is 5.93. The molecule has 1 saturated heterocycles. The minimum atomic E-state index is -0.993. The zero-order valence-corrected chi connectivity index (χ0v) is 25.8. The molecule has 4 rings (SSSR count). The van der Waals surface area contributed by atoms with Crippen LogP contribution in [-0.4, -0.2) is 44.6 Å². The van der Waals surface area contributed by atoms with Crippen molar-refractivity contribution in [2.24, 2.45) is 5.92 Å². The number of likely N-dealkylation sites (tertiary alicyclic amines) is 1. The summed E-state index contributed by atoms with van der Waals surface area (Å²) in [4.78, 5) is 8.09. The molecule has 6 heteroatoms. The number of hydrogen-bond acceptors (Lipinski definition) is 5. The normalized spacial score (nSPS) is 17.0. The molecule has 0 aliphatic carbocycles. The van der Waals surface area contributed by atoms with Gasteiger partial charge in [-0.3, -0.25) is 4.21 Å². The summed E-state index contributed by atoms with van der Waals surface area (Å²) in [5.41, 5.74) is 3.61. The van der Waals surface area contributed by atoms with Crippen LogP contribution in [0.2, 0.25) is 0 Å². The molecule has 1 aromatic heterocycles. The number of aromatic nitrogens is 2. The van der Waals surface area contributed by atoms with Gasteiger partial charge in [0.1, 0.15) is 0 Å². The monoisotopic (exact) mass is 561 g/mol. The van der Waals surface area contributed by atoms with E-state index in [1.54, 1.807) is 6.26 Å². The van der Waals surface area contributed by atoms with Crippen molar-refractivity contribution in [1.29, 1.82) is 0 Å². The first-order valence-corrected chi connectivity index (χ1v) is 16.4. The van der Waals surface area contributed by atoms with Crippen molar-refractivity contribution in [3.8, 4) is 11.4 Å². The van der Waals surface area contributed by atoms with Crippen molar-refractivity contribution < 1.29 is 8.73 Å². The quantitative estimate of drug-likeness (QED) is 0.208. The van der Waals surface area contributed by atoms with Gasteiger partial charge in [0.25, 0.3) is 0 Å². The van der Waals surface area contributed by atoms with Crippen molar-refractivity contribution >= 4 is 10.8 Å². The summed E-state index contributed by atoms with van der Waals surface area (Å²) < 4.78 is 17.2. The van der Waals surface area contributed by atoms with E-state index in [1.807, 2.05) is 38.1 Å². The lowest BCUT2D eigenvalue weighted by Crippen LogP contribution is -2.41. The van der Waals surface area contributed by atoms with E-state index >= 15 is 0 Å². The van der Waals surface area contributed by atoms with Crippen LogP contribution in [0.25, 0.3) is 11.4 Å². The molecule has 2 aromatic carbocycles. The Morgan fingerprint density at radius 1 is 1.12 bits per heavy atom. The molecule has 0 N–H and O–H groups in total. The number of allylic oxidation sites excluding steroid dienone is 3. The second-order valence-electron chi connectivity index (χ2n) is 10.4. The van der Waals surface area contributed by atoms with Gasteiger partial charge in [0.2, 0.25) is 11.7 Å². The highest BCUT2D eigenvalue weighted by atomic mass is 32.2. The third-order valence-electron chi connectivity index (χ3n) is 7.73. The Balaban J connectivity index is 0.00000216. The molecule has 0 radical (unpaired) electrons. The highest BCUT2D eigenvalue weighted by Crippen LogP contribution is 2.33. The van der Waals surface area contributed by atoms with Crippen LogP contribution in [-0.2, 0) is 17.2 Å². The molecular weight excluding hydrogens is 514 g/mol. The lowest BCUT2D eigenvalue weighted by Gasteiger charge is -2.37. The Morgan fingerprint density at radius 3 is 2.40 bits per heavy atom. The molecule has 216 valence electrons. The van der Waals surface area contributed by atoms with Gasteiger partial charge in [0, 0.05) is 45.9 Å². The van der Waals surface area contributed by atoms with Gasteiger partial charge in [-0.2, -0.15) is 4.98 Å². The predicted molar refractivity (Wildman–Crippen MR) is 168 cm³/mol. The van der Waals surface area contributed by atoms with Crippen LogP contribution >= 0.6 is 0 Å². The Hall–Kier alpha value is -2.83. The Morgan fingerprint density at radius 2 is 1.80 bits per heavy atom. The van der Waals surface area contributed by atoms with Crippen LogP contribution in [0.5, 0.6) is 0 Å². The summed E-state index contributed by atoms with van der Waals surface area (Å²) in [6, 6.07) is 18.9. The van der Waals surface area contributed by atoms with Crippen LogP contribution in [0.15, 0.2) is 88.3 Å². The third kappa shape index (κ3) is 8.84. The third-order valence-corrected chi connectivity index (χ3v) is 8.67. The molecule has 2 heterocycles. The Kier molecular flexibility index (Phi) is 13.0. The van der Waals surface area contributed by atoms with Gasteiger partial charge < -0.3 is 9.42 Å². The molecule has 5 nitrogen and oxygen atoms in total. The van der Waals surface area contributed by atoms with Gasteiger partial charge in [-0.15, -0.1) is 0 Å². The number of nitrogens with zero attached hydrogens (tertiary/aromatic N) is 3. The van der Waals surface area contributed by atoms with Gasteiger partial charge >= 0.3 is 0 Å². The van der Waals surface area contributed by atoms with E-state index in [4.69, 9.17) is 4.52 Å². The number of hydrogen-bond donors (Lipinski definition) is 0. The van der Waals surface area contributed by atoms with E-state index in [0.29, 0.717) is 29.6 Å². The predicted octanol–water partition coefficient (Wildman–Crippen LogP) is 8.23. The highest BCUT2D eigenvalue weighted by molar-refractivity contribution is 7.84. The van der Waals surface area contributed by atoms with E-state index in [9.17, 15) is 4.21 Å². The average Bonchev–Trinajstić information content (AvgIpc) is 3.47. The van der Waals surface area contributed by atoms with Crippen LogP contribution in [0, 0.1) is 5.92 Å². The second kappa shape index (κ2) is 16.4. The van der Waals surface area contributed by atoms with Crippen molar-refractivity contribution in [3.05, 3.63) is 90.4 Å². The van der Waals surface area contributed by atoms with Crippen molar-refractivity contribution in [2.45, 2.75) is 83.1 Å². The largest absolute Gasteiger partial charge is 0.339 e. The van der Waals surface area contributed by atoms with E-state index < -0.39 is 10.8 Å². The van der Waals surface area contributed by atoms with Gasteiger partial charge in [-0.05, 0) is 87.0 Å². The second-order valence-corrected chi connectivity index (χ2v) is 11.8. The fourth-order valence-electron chi connectivity index (χ4n) is 5.41. The van der Waals surface area contributed by atoms with Crippen molar-refractivity contribution in [1.82, 2.24) is 15.0 Å². The average molecular weight is 562 g/mol. The lowest BCUT2D eigenvalue weighted by molar-refractivity contribution is 0.129. The lowest BCUT2D eigenvalue weighted by atomic mass is 9.84. The first kappa shape index (κ1) is 31.7. The van der Waals surface area contributed by atoms with Gasteiger partial charge in [-0.1, -0.05) is 81.4 Å². The number of piperidine rings is 1. The molecule has 0 bridgehead atoms. The topological polar surface area (TPSA) is 59.2 Å². The zero-order chi connectivity index (χ0) is 28.9. The Bertz CT molecular complexity index is 1210. The van der Waals surface area contributed by atoms with E-state index in [2.05, 4.69) is 78.0 Å². The molecule has 0 spiro atoms. The molecule has 1 fully saturated rings. The van der Waals surface area contributed by atoms with Gasteiger partial charge in [-0.25, -0.2) is 0 Å². The molecular formula is C34H47N3O2S. The van der Waals surface area contributed by atoms with Crippen molar-refractivity contribution in [2.75, 3.05) is 19.3 Å². The summed E-state index contributed by atoms with van der Waals surface area (Å²) in [6.07, 6.45) is 12.5. The first-order valence-electron chi connectivity index (χ1n) is 14.9. The van der Waals surface area contributed by atoms with Crippen molar-refractivity contribution in [3.63, 3.8) is 0 Å². The smallest absolute Gasteiger partial charge is 0.227 e. The van der Waals surface area contributed by atoms with Crippen LogP contribution in [0.3, 0.4) is 0 Å². The standard InChI is InChI=1S/C32H41N3O2S.C2H6/c1-5-7-11-26(6-2)30(27-12-9-8-10-13-27)22-24(3)35-20-18-25(19-21-35)23-31-33-32(34-37-31)28-14-16-29(17-15-28)38(4)36;1-2/h6,8-17,24-25,30H,2,5,7,18-23H2,1,3-4H3;1-2H3/b26-11+;. The van der Waals surface area contributed by atoms with Crippen LogP contribution in [0.4, 0.5) is 0 Å². The summed E-state index contributed by atoms with van der Waals surface area (Å²) in [6.45, 7) is 14.9. The minimum absolute atomic E-state index is 0.371. The SMILES string of the molecule is C=C/C(=C\CCC)C(CC(C)N1CCC(Cc2nc(-c3ccc(S(C)=O)cc3)no2)CC1)c1ccccc1.CC. The number of benzene rings is 2. The maximum Gasteiger partial charge on any atom is 0.227 e. The zero-order valence-electron chi connectivity index (χ0n) is 25.0. The summed E-state index contributed by atoms with van der Waals surface area (Å²) in [5.74, 6) is 2.22. The molecule has 0 amide bonds. The number of unbranched alkanes of at least 4 members (excludes halogenated alkanes) is 1. The summed E-state index contributed by atoms with van der Waals surface area (Å²) in [7, 11) is -0.993. The summed E-state index contributed by atoms with van der Waals surface area (Å²) >= 11 is 0. The molecule has 3 aromatic rings. The molecule has 0 saturated carbocycles. The van der Waals surface area contributed by atoms with Gasteiger partial charge in [0.15, 0.2) is 0 Å². The van der Waals surface area contributed by atoms with Crippen LogP contribution < -0.4 is 0 Å². The fraction of sp³-hybridized carbons (Fsp3) is 0.471. The minimum Gasteiger partial charge on any atom is -0.339 e. The highest BCUT2D eigenvalue weighted by Gasteiger charge is 2.27. The van der Waals surface area contributed by atoms with E-state index in [-0.39, 0.29) is 0 Å². The molecule has 3 atom stereocenters. The molecule has 1 aliphatic heterocycles. The van der Waals surface area contributed by atoms with Gasteiger partial charge in [0.05, 0.1) is 0 Å². The van der Waals surface area contributed by atoms with Crippen LogP contribution in [0.1, 0.15) is 77.2 Å². The molecule has 1 aliphatic rings.